The second-order valence-corrected chi connectivity index (χ2v) is 8.18. The van der Waals surface area contributed by atoms with Crippen molar-refractivity contribution in [3.8, 4) is 5.75 Å². The van der Waals surface area contributed by atoms with Crippen molar-refractivity contribution in [1.82, 2.24) is 10.2 Å². The quantitative estimate of drug-likeness (QED) is 0.577. The Bertz CT molecular complexity index is 935. The second kappa shape index (κ2) is 9.08. The summed E-state index contributed by atoms with van der Waals surface area (Å²) in [5.74, 6) is 0.973. The van der Waals surface area contributed by atoms with Crippen molar-refractivity contribution in [2.45, 2.75) is 19.4 Å². The summed E-state index contributed by atoms with van der Waals surface area (Å²) < 4.78 is 7.13. The zero-order valence-electron chi connectivity index (χ0n) is 16.3. The number of hydrogen-bond acceptors (Lipinski definition) is 3. The Morgan fingerprint density at radius 2 is 1.86 bits per heavy atom. The monoisotopic (exact) mass is 438 g/mol. The standard InChI is InChI=1S/C24H27BrN2O/c1-2-28-23-11-10-21(25)17-22(23)24(27-14-5-12-26-13-15-27)20-9-8-18-6-3-4-7-19(18)16-20/h3-4,6-11,16-17,24,26H,2,5,12-15H2,1H3. The summed E-state index contributed by atoms with van der Waals surface area (Å²) in [5.41, 5.74) is 2.55. The van der Waals surface area contributed by atoms with Crippen LogP contribution in [-0.2, 0) is 0 Å². The summed E-state index contributed by atoms with van der Waals surface area (Å²) in [6.07, 6.45) is 1.15. The van der Waals surface area contributed by atoms with Crippen LogP contribution < -0.4 is 10.1 Å². The lowest BCUT2D eigenvalue weighted by atomic mass is 9.94. The zero-order valence-corrected chi connectivity index (χ0v) is 17.9. The molecule has 0 aromatic heterocycles. The second-order valence-electron chi connectivity index (χ2n) is 7.26. The summed E-state index contributed by atoms with van der Waals surface area (Å²) in [7, 11) is 0. The first-order chi connectivity index (χ1) is 13.8. The highest BCUT2D eigenvalue weighted by Gasteiger charge is 2.26. The highest BCUT2D eigenvalue weighted by molar-refractivity contribution is 9.10. The lowest BCUT2D eigenvalue weighted by Crippen LogP contribution is -2.33. The van der Waals surface area contributed by atoms with Crippen LogP contribution in [0.4, 0.5) is 0 Å². The topological polar surface area (TPSA) is 24.5 Å². The average molecular weight is 439 g/mol. The molecular formula is C24H27BrN2O. The summed E-state index contributed by atoms with van der Waals surface area (Å²) >= 11 is 3.68. The van der Waals surface area contributed by atoms with Crippen LogP contribution in [0.15, 0.2) is 65.1 Å². The maximum Gasteiger partial charge on any atom is 0.124 e. The van der Waals surface area contributed by atoms with E-state index in [2.05, 4.69) is 86.8 Å². The molecule has 28 heavy (non-hydrogen) atoms. The van der Waals surface area contributed by atoms with Crippen LogP contribution >= 0.6 is 15.9 Å². The van der Waals surface area contributed by atoms with E-state index in [4.69, 9.17) is 4.74 Å². The highest BCUT2D eigenvalue weighted by atomic mass is 79.9. The van der Waals surface area contributed by atoms with Crippen LogP contribution in [0, 0.1) is 0 Å². The van der Waals surface area contributed by atoms with Crippen LogP contribution in [0.1, 0.15) is 30.5 Å². The SMILES string of the molecule is CCOc1ccc(Br)cc1C(c1ccc2ccccc2c1)N1CCCNCC1. The van der Waals surface area contributed by atoms with Crippen molar-refractivity contribution >= 4 is 26.7 Å². The Balaban J connectivity index is 1.85. The summed E-state index contributed by atoms with van der Waals surface area (Å²) in [4.78, 5) is 2.59. The van der Waals surface area contributed by atoms with E-state index < -0.39 is 0 Å². The third-order valence-electron chi connectivity index (χ3n) is 5.40. The van der Waals surface area contributed by atoms with Crippen LogP contribution in [0.2, 0.25) is 0 Å². The average Bonchev–Trinajstić information content (AvgIpc) is 3.00. The van der Waals surface area contributed by atoms with Crippen molar-refractivity contribution < 1.29 is 4.74 Å². The van der Waals surface area contributed by atoms with Gasteiger partial charge in [-0.1, -0.05) is 52.3 Å². The molecule has 1 fully saturated rings. The molecule has 4 heteroatoms. The number of benzene rings is 3. The van der Waals surface area contributed by atoms with Crippen LogP contribution in [0.3, 0.4) is 0 Å². The van der Waals surface area contributed by atoms with Crippen LogP contribution in [0.5, 0.6) is 5.75 Å². The first-order valence-corrected chi connectivity index (χ1v) is 10.9. The lowest BCUT2D eigenvalue weighted by molar-refractivity contribution is 0.233. The van der Waals surface area contributed by atoms with Crippen molar-refractivity contribution in [3.63, 3.8) is 0 Å². The fourth-order valence-electron chi connectivity index (χ4n) is 4.11. The fourth-order valence-corrected chi connectivity index (χ4v) is 4.49. The molecule has 3 aromatic carbocycles. The predicted molar refractivity (Wildman–Crippen MR) is 120 cm³/mol. The Hall–Kier alpha value is -1.88. The molecular weight excluding hydrogens is 412 g/mol. The highest BCUT2D eigenvalue weighted by Crippen LogP contribution is 2.38. The first kappa shape index (κ1) is 19.4. The van der Waals surface area contributed by atoms with E-state index in [0.717, 1.165) is 42.8 Å². The van der Waals surface area contributed by atoms with Gasteiger partial charge in [-0.3, -0.25) is 4.90 Å². The van der Waals surface area contributed by atoms with Gasteiger partial charge < -0.3 is 10.1 Å². The molecule has 1 unspecified atom stereocenters. The van der Waals surface area contributed by atoms with E-state index in [-0.39, 0.29) is 6.04 Å². The first-order valence-electron chi connectivity index (χ1n) is 10.1. The summed E-state index contributed by atoms with van der Waals surface area (Å²) in [6, 6.07) is 22.0. The van der Waals surface area contributed by atoms with Gasteiger partial charge in [-0.25, -0.2) is 0 Å². The number of nitrogens with one attached hydrogen (secondary N) is 1. The van der Waals surface area contributed by atoms with E-state index in [1.54, 1.807) is 0 Å². The van der Waals surface area contributed by atoms with Gasteiger partial charge in [0, 0.05) is 29.7 Å². The number of ether oxygens (including phenoxy) is 1. The molecule has 3 aromatic rings. The molecule has 0 radical (unpaired) electrons. The van der Waals surface area contributed by atoms with Crippen molar-refractivity contribution in [3.05, 3.63) is 76.3 Å². The summed E-state index contributed by atoms with van der Waals surface area (Å²) in [6.45, 7) is 6.91. The maximum atomic E-state index is 6.04. The molecule has 1 aliphatic heterocycles. The maximum absolute atomic E-state index is 6.04. The van der Waals surface area contributed by atoms with Gasteiger partial charge >= 0.3 is 0 Å². The summed E-state index contributed by atoms with van der Waals surface area (Å²) in [5, 5.41) is 6.10. The predicted octanol–water partition coefficient (Wildman–Crippen LogP) is 5.39. The van der Waals surface area contributed by atoms with Gasteiger partial charge in [-0.15, -0.1) is 0 Å². The van der Waals surface area contributed by atoms with Crippen molar-refractivity contribution in [1.29, 1.82) is 0 Å². The van der Waals surface area contributed by atoms with Gasteiger partial charge in [0.1, 0.15) is 5.75 Å². The van der Waals surface area contributed by atoms with Gasteiger partial charge in [-0.05, 0) is 60.5 Å². The van der Waals surface area contributed by atoms with Crippen LogP contribution in [-0.4, -0.2) is 37.7 Å². The van der Waals surface area contributed by atoms with Gasteiger partial charge in [0.2, 0.25) is 0 Å². The molecule has 1 aliphatic rings. The van der Waals surface area contributed by atoms with Gasteiger partial charge in [0.15, 0.2) is 0 Å². The largest absolute Gasteiger partial charge is 0.494 e. The molecule has 1 heterocycles. The molecule has 146 valence electrons. The molecule has 0 saturated carbocycles. The molecule has 0 amide bonds. The third kappa shape index (κ3) is 4.24. The molecule has 0 bridgehead atoms. The molecule has 1 N–H and O–H groups in total. The minimum atomic E-state index is 0.170. The Morgan fingerprint density at radius 1 is 1.00 bits per heavy atom. The number of nitrogens with zero attached hydrogens (tertiary/aromatic N) is 1. The molecule has 4 rings (SSSR count). The van der Waals surface area contributed by atoms with E-state index in [1.165, 1.54) is 21.9 Å². The van der Waals surface area contributed by atoms with Crippen molar-refractivity contribution in [2.75, 3.05) is 32.8 Å². The van der Waals surface area contributed by atoms with Gasteiger partial charge in [0.25, 0.3) is 0 Å². The molecule has 1 saturated heterocycles. The number of halogens is 1. The normalized spacial score (nSPS) is 16.6. The molecule has 0 spiro atoms. The van der Waals surface area contributed by atoms with Gasteiger partial charge in [-0.2, -0.15) is 0 Å². The van der Waals surface area contributed by atoms with E-state index in [1.807, 2.05) is 6.92 Å². The minimum absolute atomic E-state index is 0.170. The number of rotatable bonds is 5. The third-order valence-corrected chi connectivity index (χ3v) is 5.89. The fraction of sp³-hybridized carbons (Fsp3) is 0.333. The zero-order chi connectivity index (χ0) is 19.3. The Morgan fingerprint density at radius 3 is 2.71 bits per heavy atom. The van der Waals surface area contributed by atoms with E-state index in [0.29, 0.717) is 6.61 Å². The van der Waals surface area contributed by atoms with E-state index in [9.17, 15) is 0 Å². The Labute approximate surface area is 175 Å². The van der Waals surface area contributed by atoms with E-state index >= 15 is 0 Å². The van der Waals surface area contributed by atoms with Gasteiger partial charge in [0.05, 0.1) is 12.6 Å². The Kier molecular flexibility index (Phi) is 6.30. The number of hydrogen-bond donors (Lipinski definition) is 1. The molecule has 1 atom stereocenters. The van der Waals surface area contributed by atoms with Crippen molar-refractivity contribution in [2.24, 2.45) is 0 Å². The smallest absolute Gasteiger partial charge is 0.124 e. The lowest BCUT2D eigenvalue weighted by Gasteiger charge is -2.32. The molecule has 3 nitrogen and oxygen atoms in total. The van der Waals surface area contributed by atoms with Crippen LogP contribution in [0.25, 0.3) is 10.8 Å². The molecule has 0 aliphatic carbocycles. The minimum Gasteiger partial charge on any atom is -0.494 e. The number of fused-ring (bicyclic) bond motifs is 1.